The van der Waals surface area contributed by atoms with Crippen molar-refractivity contribution in [1.29, 1.82) is 0 Å². The van der Waals surface area contributed by atoms with Gasteiger partial charge in [0.25, 0.3) is 0 Å². The summed E-state index contributed by atoms with van der Waals surface area (Å²) < 4.78 is 12.8. The van der Waals surface area contributed by atoms with Crippen molar-refractivity contribution < 1.29 is 19.1 Å². The number of carbonyl (C=O) groups is 2. The van der Waals surface area contributed by atoms with Crippen molar-refractivity contribution >= 4 is 11.9 Å². The Morgan fingerprint density at radius 2 is 2.18 bits per heavy atom. The van der Waals surface area contributed by atoms with Gasteiger partial charge in [0, 0.05) is 6.54 Å². The van der Waals surface area contributed by atoms with Crippen molar-refractivity contribution in [1.82, 2.24) is 5.32 Å². The molecule has 0 radical (unpaired) electrons. The number of halogens is 1. The zero-order valence-corrected chi connectivity index (χ0v) is 9.44. The van der Waals surface area contributed by atoms with Crippen LogP contribution < -0.4 is 5.32 Å². The van der Waals surface area contributed by atoms with E-state index in [1.807, 2.05) is 0 Å². The fourth-order valence-electron chi connectivity index (χ4n) is 1.43. The Balaban J connectivity index is 2.56. The first kappa shape index (κ1) is 13.2. The van der Waals surface area contributed by atoms with Crippen LogP contribution in [0.1, 0.15) is 18.9 Å². The zero-order valence-electron chi connectivity index (χ0n) is 9.44. The van der Waals surface area contributed by atoms with Gasteiger partial charge in [-0.15, -0.1) is 0 Å². The van der Waals surface area contributed by atoms with E-state index in [-0.39, 0.29) is 18.8 Å². The second-order valence-electron chi connectivity index (χ2n) is 3.65. The summed E-state index contributed by atoms with van der Waals surface area (Å²) in [5.41, 5.74) is 0.596. The first-order valence-electron chi connectivity index (χ1n) is 5.29. The van der Waals surface area contributed by atoms with E-state index in [2.05, 4.69) is 5.32 Å². The van der Waals surface area contributed by atoms with E-state index < -0.39 is 17.8 Å². The van der Waals surface area contributed by atoms with Gasteiger partial charge >= 0.3 is 5.97 Å². The summed E-state index contributed by atoms with van der Waals surface area (Å²) in [5.74, 6) is -3.14. The minimum absolute atomic E-state index is 0.125. The molecular weight excluding hydrogens is 225 g/mol. The molecule has 0 aliphatic carbocycles. The summed E-state index contributed by atoms with van der Waals surface area (Å²) in [5, 5.41) is 11.2. The maximum atomic E-state index is 12.8. The first-order valence-corrected chi connectivity index (χ1v) is 5.29. The van der Waals surface area contributed by atoms with Gasteiger partial charge in [-0.25, -0.2) is 4.39 Å². The molecule has 0 heterocycles. The van der Waals surface area contributed by atoms with Gasteiger partial charge in [-0.3, -0.25) is 9.59 Å². The van der Waals surface area contributed by atoms with Crippen LogP contribution in [0, 0.1) is 11.7 Å². The summed E-state index contributed by atoms with van der Waals surface area (Å²) in [6.45, 7) is 1.75. The SMILES string of the molecule is CCC(C(=O)O)C(=O)NCc1cccc(F)c1. The second kappa shape index (κ2) is 5.98. The number of hydrogen-bond donors (Lipinski definition) is 2. The second-order valence-corrected chi connectivity index (χ2v) is 3.65. The number of rotatable bonds is 5. The molecule has 0 spiro atoms. The van der Waals surface area contributed by atoms with E-state index >= 15 is 0 Å². The standard InChI is InChI=1S/C12H14FNO3/c1-2-10(12(16)17)11(15)14-7-8-4-3-5-9(13)6-8/h3-6,10H,2,7H2,1H3,(H,14,15)(H,16,17). The third-order valence-corrected chi connectivity index (χ3v) is 2.38. The number of carbonyl (C=O) groups excluding carboxylic acids is 1. The van der Waals surface area contributed by atoms with Gasteiger partial charge in [-0.2, -0.15) is 0 Å². The largest absolute Gasteiger partial charge is 0.481 e. The molecule has 1 aromatic carbocycles. The van der Waals surface area contributed by atoms with Gasteiger partial charge in [-0.1, -0.05) is 19.1 Å². The highest BCUT2D eigenvalue weighted by Gasteiger charge is 2.23. The molecule has 1 atom stereocenters. The third-order valence-electron chi connectivity index (χ3n) is 2.38. The molecule has 0 aliphatic rings. The molecule has 2 N–H and O–H groups in total. The average Bonchev–Trinajstić information content (AvgIpc) is 2.27. The molecule has 0 aliphatic heterocycles. The fourth-order valence-corrected chi connectivity index (χ4v) is 1.43. The van der Waals surface area contributed by atoms with Crippen LogP contribution in [0.2, 0.25) is 0 Å². The van der Waals surface area contributed by atoms with E-state index in [1.54, 1.807) is 13.0 Å². The molecule has 0 saturated heterocycles. The monoisotopic (exact) mass is 239 g/mol. The molecule has 1 amide bonds. The molecule has 0 fully saturated rings. The highest BCUT2D eigenvalue weighted by atomic mass is 19.1. The van der Waals surface area contributed by atoms with E-state index in [4.69, 9.17) is 5.11 Å². The predicted octanol–water partition coefficient (Wildman–Crippen LogP) is 1.55. The molecule has 0 bridgehead atoms. The summed E-state index contributed by atoms with van der Waals surface area (Å²) in [6.07, 6.45) is 0.227. The highest BCUT2D eigenvalue weighted by Crippen LogP contribution is 2.05. The van der Waals surface area contributed by atoms with E-state index in [9.17, 15) is 14.0 Å². The molecule has 1 rings (SSSR count). The van der Waals surface area contributed by atoms with Crippen LogP contribution in [0.15, 0.2) is 24.3 Å². The van der Waals surface area contributed by atoms with Gasteiger partial charge < -0.3 is 10.4 Å². The van der Waals surface area contributed by atoms with Crippen LogP contribution in [0.5, 0.6) is 0 Å². The molecular formula is C12H14FNO3. The van der Waals surface area contributed by atoms with E-state index in [0.29, 0.717) is 5.56 Å². The summed E-state index contributed by atoms with van der Waals surface area (Å²) >= 11 is 0. The van der Waals surface area contributed by atoms with Crippen molar-refractivity contribution in [3.63, 3.8) is 0 Å². The molecule has 1 unspecified atom stereocenters. The normalized spacial score (nSPS) is 11.9. The Bertz CT molecular complexity index is 420. The molecule has 1 aromatic rings. The zero-order chi connectivity index (χ0) is 12.8. The lowest BCUT2D eigenvalue weighted by Crippen LogP contribution is -2.34. The fraction of sp³-hybridized carbons (Fsp3) is 0.333. The van der Waals surface area contributed by atoms with Crippen molar-refractivity contribution in [2.45, 2.75) is 19.9 Å². The number of aliphatic carboxylic acids is 1. The first-order chi connectivity index (χ1) is 8.04. The van der Waals surface area contributed by atoms with Crippen molar-refractivity contribution in [3.8, 4) is 0 Å². The number of amides is 1. The molecule has 4 nitrogen and oxygen atoms in total. The molecule has 0 saturated carbocycles. The minimum Gasteiger partial charge on any atom is -0.481 e. The number of benzene rings is 1. The minimum atomic E-state index is -1.15. The maximum absolute atomic E-state index is 12.8. The third kappa shape index (κ3) is 3.86. The Labute approximate surface area is 98.5 Å². The van der Waals surface area contributed by atoms with Crippen molar-refractivity contribution in [2.24, 2.45) is 5.92 Å². The van der Waals surface area contributed by atoms with Crippen LogP contribution in [0.25, 0.3) is 0 Å². The summed E-state index contributed by atoms with van der Waals surface area (Å²) in [7, 11) is 0. The predicted molar refractivity (Wildman–Crippen MR) is 59.7 cm³/mol. The number of nitrogens with one attached hydrogen (secondary N) is 1. The van der Waals surface area contributed by atoms with Crippen LogP contribution in [0.4, 0.5) is 4.39 Å². The Kier molecular flexibility index (Phi) is 4.63. The Morgan fingerprint density at radius 1 is 1.47 bits per heavy atom. The summed E-state index contributed by atoms with van der Waals surface area (Å²) in [4.78, 5) is 22.2. The van der Waals surface area contributed by atoms with Crippen molar-refractivity contribution in [2.75, 3.05) is 0 Å². The maximum Gasteiger partial charge on any atom is 0.316 e. The molecule has 92 valence electrons. The van der Waals surface area contributed by atoms with Crippen LogP contribution >= 0.6 is 0 Å². The summed E-state index contributed by atoms with van der Waals surface area (Å²) in [6, 6.07) is 5.79. The quantitative estimate of drug-likeness (QED) is 0.766. The lowest BCUT2D eigenvalue weighted by Gasteiger charge is -2.10. The Morgan fingerprint density at radius 3 is 2.71 bits per heavy atom. The van der Waals surface area contributed by atoms with E-state index in [0.717, 1.165) is 0 Å². The lowest BCUT2D eigenvalue weighted by atomic mass is 10.1. The van der Waals surface area contributed by atoms with Crippen molar-refractivity contribution in [3.05, 3.63) is 35.6 Å². The van der Waals surface area contributed by atoms with Gasteiger partial charge in [0.2, 0.25) is 5.91 Å². The van der Waals surface area contributed by atoms with Gasteiger partial charge in [-0.05, 0) is 24.1 Å². The van der Waals surface area contributed by atoms with Gasteiger partial charge in [0.1, 0.15) is 11.7 Å². The van der Waals surface area contributed by atoms with Crippen LogP contribution in [-0.2, 0) is 16.1 Å². The number of carboxylic acid groups (broad SMARTS) is 1. The smallest absolute Gasteiger partial charge is 0.316 e. The van der Waals surface area contributed by atoms with Crippen LogP contribution in [0.3, 0.4) is 0 Å². The number of carboxylic acids is 1. The molecule has 17 heavy (non-hydrogen) atoms. The number of hydrogen-bond acceptors (Lipinski definition) is 2. The van der Waals surface area contributed by atoms with E-state index in [1.165, 1.54) is 18.2 Å². The lowest BCUT2D eigenvalue weighted by molar-refractivity contribution is -0.147. The topological polar surface area (TPSA) is 66.4 Å². The molecule has 5 heteroatoms. The van der Waals surface area contributed by atoms with Gasteiger partial charge in [0.15, 0.2) is 0 Å². The Hall–Kier alpha value is -1.91. The average molecular weight is 239 g/mol. The highest BCUT2D eigenvalue weighted by molar-refractivity contribution is 5.96. The van der Waals surface area contributed by atoms with Crippen LogP contribution in [-0.4, -0.2) is 17.0 Å². The van der Waals surface area contributed by atoms with Gasteiger partial charge in [0.05, 0.1) is 0 Å². The molecule has 0 aromatic heterocycles.